The van der Waals surface area contributed by atoms with E-state index in [-0.39, 0.29) is 28.4 Å². The Kier molecular flexibility index (Phi) is 4.86. The van der Waals surface area contributed by atoms with E-state index in [0.717, 1.165) is 6.07 Å². The number of phenols is 2. The quantitative estimate of drug-likeness (QED) is 0.291. The van der Waals surface area contributed by atoms with Gasteiger partial charge < -0.3 is 21.3 Å². The number of benzene rings is 2. The van der Waals surface area contributed by atoms with Crippen LogP contribution in [0.3, 0.4) is 0 Å². The Morgan fingerprint density at radius 2 is 1.90 bits per heavy atom. The molecule has 0 aliphatic heterocycles. The summed E-state index contributed by atoms with van der Waals surface area (Å²) in [5.74, 6) is -0.456. The van der Waals surface area contributed by atoms with Gasteiger partial charge in [-0.3, -0.25) is 4.40 Å². The molecule has 10 heteroatoms. The summed E-state index contributed by atoms with van der Waals surface area (Å²) in [5, 5.41) is 22.5. The van der Waals surface area contributed by atoms with E-state index in [1.165, 1.54) is 30.5 Å². The fourth-order valence-corrected chi connectivity index (χ4v) is 3.30. The zero-order chi connectivity index (χ0) is 21.5. The number of aromatic nitrogens is 3. The predicted molar refractivity (Wildman–Crippen MR) is 106 cm³/mol. The van der Waals surface area contributed by atoms with Gasteiger partial charge in [0.2, 0.25) is 0 Å². The first kappa shape index (κ1) is 19.8. The first-order chi connectivity index (χ1) is 14.3. The van der Waals surface area contributed by atoms with Gasteiger partial charge in [-0.2, -0.15) is 13.2 Å². The van der Waals surface area contributed by atoms with Gasteiger partial charge >= 0.3 is 6.18 Å². The summed E-state index contributed by atoms with van der Waals surface area (Å²) in [6.07, 6.45) is -2.50. The van der Waals surface area contributed by atoms with Crippen LogP contribution in [0.15, 0.2) is 42.6 Å². The molecule has 2 heterocycles. The van der Waals surface area contributed by atoms with Gasteiger partial charge in [-0.05, 0) is 43.3 Å². The van der Waals surface area contributed by atoms with Crippen LogP contribution in [-0.4, -0.2) is 37.7 Å². The third-order valence-corrected chi connectivity index (χ3v) is 4.70. The Morgan fingerprint density at radius 1 is 1.10 bits per heavy atom. The maximum absolute atomic E-state index is 13.6. The van der Waals surface area contributed by atoms with E-state index in [1.807, 2.05) is 0 Å². The number of anilines is 1. The molecular weight excluding hydrogens is 399 g/mol. The molecule has 0 saturated heterocycles. The van der Waals surface area contributed by atoms with Crippen LogP contribution in [0.2, 0.25) is 0 Å². The standard InChI is InChI=1S/C20H18F3N5O2/c21-20(22,23)12-3-1-4-13-17(12)27-18(25-8-2-7-24)19-26-10-14(28(13)19)11-5-6-15(29)16(30)9-11/h1,3-6,9-10,29-30H,2,7-8,24H2,(H,25,27). The zero-order valence-electron chi connectivity index (χ0n) is 15.6. The number of phenolic OH excluding ortho intramolecular Hbond substituents is 2. The van der Waals surface area contributed by atoms with Crippen LogP contribution in [-0.2, 0) is 6.18 Å². The Morgan fingerprint density at radius 3 is 2.60 bits per heavy atom. The molecule has 0 radical (unpaired) electrons. The van der Waals surface area contributed by atoms with Gasteiger partial charge in [0.25, 0.3) is 0 Å². The second-order valence-electron chi connectivity index (χ2n) is 6.71. The van der Waals surface area contributed by atoms with Gasteiger partial charge in [-0.25, -0.2) is 9.97 Å². The van der Waals surface area contributed by atoms with E-state index in [9.17, 15) is 23.4 Å². The Hall–Kier alpha value is -3.53. The van der Waals surface area contributed by atoms with Gasteiger partial charge in [0, 0.05) is 12.1 Å². The summed E-state index contributed by atoms with van der Waals surface area (Å²) in [7, 11) is 0. The van der Waals surface area contributed by atoms with Crippen LogP contribution >= 0.6 is 0 Å². The molecule has 0 amide bonds. The molecule has 30 heavy (non-hydrogen) atoms. The number of nitrogens with two attached hydrogens (primary N) is 1. The van der Waals surface area contributed by atoms with Crippen molar-refractivity contribution < 1.29 is 23.4 Å². The topological polar surface area (TPSA) is 109 Å². The Bertz CT molecular complexity index is 1240. The highest BCUT2D eigenvalue weighted by molar-refractivity contribution is 5.88. The average molecular weight is 417 g/mol. The highest BCUT2D eigenvalue weighted by Gasteiger charge is 2.34. The number of nitrogens with zero attached hydrogens (tertiary/aromatic N) is 3. The van der Waals surface area contributed by atoms with Crippen LogP contribution < -0.4 is 11.1 Å². The number of hydrogen-bond acceptors (Lipinski definition) is 6. The molecule has 0 aliphatic carbocycles. The van der Waals surface area contributed by atoms with Crippen molar-refractivity contribution in [3.8, 4) is 22.8 Å². The molecule has 7 nitrogen and oxygen atoms in total. The lowest BCUT2D eigenvalue weighted by Crippen LogP contribution is -2.13. The van der Waals surface area contributed by atoms with Gasteiger partial charge in [-0.15, -0.1) is 0 Å². The summed E-state index contributed by atoms with van der Waals surface area (Å²) < 4.78 is 42.5. The summed E-state index contributed by atoms with van der Waals surface area (Å²) >= 11 is 0. The minimum Gasteiger partial charge on any atom is -0.504 e. The second kappa shape index (κ2) is 7.38. The normalized spacial score (nSPS) is 12.0. The van der Waals surface area contributed by atoms with Crippen molar-refractivity contribution in [1.29, 1.82) is 0 Å². The third kappa shape index (κ3) is 3.35. The van der Waals surface area contributed by atoms with E-state index in [2.05, 4.69) is 15.3 Å². The number of fused-ring (bicyclic) bond motifs is 3. The third-order valence-electron chi connectivity index (χ3n) is 4.70. The highest BCUT2D eigenvalue weighted by Crippen LogP contribution is 2.37. The van der Waals surface area contributed by atoms with E-state index in [0.29, 0.717) is 36.4 Å². The molecule has 0 fully saturated rings. The molecule has 0 spiro atoms. The fourth-order valence-electron chi connectivity index (χ4n) is 3.30. The van der Waals surface area contributed by atoms with Gasteiger partial charge in [-0.1, -0.05) is 6.07 Å². The maximum Gasteiger partial charge on any atom is 0.418 e. The minimum absolute atomic E-state index is 0.196. The smallest absolute Gasteiger partial charge is 0.418 e. The molecule has 0 aliphatic rings. The second-order valence-corrected chi connectivity index (χ2v) is 6.71. The fraction of sp³-hybridized carbons (Fsp3) is 0.200. The summed E-state index contributed by atoms with van der Waals surface area (Å²) in [5.41, 5.74) is 5.87. The summed E-state index contributed by atoms with van der Waals surface area (Å²) in [4.78, 5) is 8.58. The van der Waals surface area contributed by atoms with Crippen molar-refractivity contribution in [2.45, 2.75) is 12.6 Å². The van der Waals surface area contributed by atoms with Crippen molar-refractivity contribution >= 4 is 22.5 Å². The van der Waals surface area contributed by atoms with Crippen LogP contribution in [0.25, 0.3) is 27.9 Å². The molecular formula is C20H18F3N5O2. The van der Waals surface area contributed by atoms with E-state index < -0.39 is 11.7 Å². The number of hydrogen-bond donors (Lipinski definition) is 4. The van der Waals surface area contributed by atoms with E-state index in [1.54, 1.807) is 10.5 Å². The van der Waals surface area contributed by atoms with Crippen LogP contribution in [0.5, 0.6) is 11.5 Å². The molecule has 0 bridgehead atoms. The monoisotopic (exact) mass is 417 g/mol. The van der Waals surface area contributed by atoms with Gasteiger partial charge in [0.15, 0.2) is 23.0 Å². The zero-order valence-corrected chi connectivity index (χ0v) is 15.6. The van der Waals surface area contributed by atoms with Crippen molar-refractivity contribution in [2.24, 2.45) is 5.73 Å². The lowest BCUT2D eigenvalue weighted by Gasteiger charge is -2.15. The molecule has 0 atom stereocenters. The van der Waals surface area contributed by atoms with Crippen molar-refractivity contribution in [2.75, 3.05) is 18.4 Å². The molecule has 0 unspecified atom stereocenters. The molecule has 0 saturated carbocycles. The molecule has 4 aromatic rings. The summed E-state index contributed by atoms with van der Waals surface area (Å²) in [6.45, 7) is 0.832. The number of para-hydroxylation sites is 1. The number of imidazole rings is 1. The van der Waals surface area contributed by atoms with Crippen molar-refractivity contribution in [1.82, 2.24) is 14.4 Å². The van der Waals surface area contributed by atoms with E-state index >= 15 is 0 Å². The summed E-state index contributed by atoms with van der Waals surface area (Å²) in [6, 6.07) is 7.98. The first-order valence-corrected chi connectivity index (χ1v) is 9.15. The maximum atomic E-state index is 13.6. The SMILES string of the molecule is NCCCNc1nc2c(C(F)(F)F)cccc2n2c(-c3ccc(O)c(O)c3)cnc12. The molecule has 2 aromatic heterocycles. The number of halogens is 3. The first-order valence-electron chi connectivity index (χ1n) is 9.15. The molecule has 2 aromatic carbocycles. The van der Waals surface area contributed by atoms with Crippen molar-refractivity contribution in [3.63, 3.8) is 0 Å². The van der Waals surface area contributed by atoms with Gasteiger partial charge in [0.1, 0.15) is 5.52 Å². The lowest BCUT2D eigenvalue weighted by molar-refractivity contribution is -0.136. The molecule has 5 N–H and O–H groups in total. The average Bonchev–Trinajstić information content (AvgIpc) is 3.15. The number of aromatic hydroxyl groups is 2. The van der Waals surface area contributed by atoms with Crippen LogP contribution in [0.1, 0.15) is 12.0 Å². The lowest BCUT2D eigenvalue weighted by atomic mass is 10.1. The minimum atomic E-state index is -4.59. The molecule has 156 valence electrons. The largest absolute Gasteiger partial charge is 0.504 e. The number of alkyl halides is 3. The highest BCUT2D eigenvalue weighted by atomic mass is 19.4. The molecule has 4 rings (SSSR count). The van der Waals surface area contributed by atoms with Gasteiger partial charge in [0.05, 0.1) is 23.0 Å². The number of rotatable bonds is 5. The Balaban J connectivity index is 2.04. The van der Waals surface area contributed by atoms with E-state index in [4.69, 9.17) is 5.73 Å². The van der Waals surface area contributed by atoms with Crippen LogP contribution in [0.4, 0.5) is 19.0 Å². The number of nitrogens with one attached hydrogen (secondary N) is 1. The van der Waals surface area contributed by atoms with Crippen molar-refractivity contribution in [3.05, 3.63) is 48.2 Å². The van der Waals surface area contributed by atoms with Crippen LogP contribution in [0, 0.1) is 0 Å². The predicted octanol–water partition coefficient (Wildman–Crippen LogP) is 3.74. The Labute approximate surface area is 168 Å².